The van der Waals surface area contributed by atoms with E-state index in [-0.39, 0.29) is 19.4 Å². The predicted octanol–water partition coefficient (Wildman–Crippen LogP) is 11.3. The summed E-state index contributed by atoms with van der Waals surface area (Å²) in [6.07, 6.45) is 37.0. The van der Waals surface area contributed by atoms with Crippen molar-refractivity contribution < 1.29 is 47.5 Å². The van der Waals surface area contributed by atoms with Crippen molar-refractivity contribution >= 4 is 25.7 Å². The Labute approximate surface area is 328 Å². The van der Waals surface area contributed by atoms with E-state index in [0.717, 1.165) is 57.8 Å². The summed E-state index contributed by atoms with van der Waals surface area (Å²) in [6, 6.07) is -1.52. The van der Waals surface area contributed by atoms with E-state index in [9.17, 15) is 23.8 Å². The van der Waals surface area contributed by atoms with Crippen LogP contribution in [0.2, 0.25) is 0 Å². The van der Waals surface area contributed by atoms with Gasteiger partial charge < -0.3 is 25.2 Å². The van der Waals surface area contributed by atoms with E-state index in [4.69, 9.17) is 24.8 Å². The molecule has 0 aliphatic heterocycles. The third-order valence-corrected chi connectivity index (χ3v) is 10.5. The number of hydrogen-bond donors (Lipinski definition) is 3. The zero-order valence-electron chi connectivity index (χ0n) is 34.3. The second-order valence-electron chi connectivity index (χ2n) is 14.8. The van der Waals surface area contributed by atoms with Gasteiger partial charge in [-0.25, -0.2) is 4.57 Å². The maximum absolute atomic E-state index is 12.6. The van der Waals surface area contributed by atoms with Crippen molar-refractivity contribution in [1.82, 2.24) is 0 Å². The minimum atomic E-state index is -4.71. The van der Waals surface area contributed by atoms with Crippen LogP contribution in [0.3, 0.4) is 0 Å². The van der Waals surface area contributed by atoms with Gasteiger partial charge in [-0.05, 0) is 38.5 Å². The molecule has 0 aromatic heterocycles. The van der Waals surface area contributed by atoms with Crippen molar-refractivity contribution in [3.05, 3.63) is 12.2 Å². The van der Waals surface area contributed by atoms with Crippen molar-refractivity contribution in [2.45, 2.75) is 219 Å². The van der Waals surface area contributed by atoms with Crippen LogP contribution in [0.5, 0.6) is 0 Å². The van der Waals surface area contributed by atoms with Gasteiger partial charge in [-0.1, -0.05) is 167 Å². The number of aliphatic carboxylic acids is 1. The van der Waals surface area contributed by atoms with E-state index in [1.807, 2.05) is 0 Å². The Bertz CT molecular complexity index is 979. The molecule has 0 spiro atoms. The Balaban J connectivity index is 4.35. The number of esters is 2. The number of phosphoric ester groups is 1. The molecule has 12 heteroatoms. The largest absolute Gasteiger partial charge is 0.480 e. The van der Waals surface area contributed by atoms with E-state index < -0.39 is 51.1 Å². The molecule has 0 bridgehead atoms. The summed E-state index contributed by atoms with van der Waals surface area (Å²) in [5, 5.41) is 8.88. The minimum Gasteiger partial charge on any atom is -0.480 e. The summed E-state index contributed by atoms with van der Waals surface area (Å²) in [7, 11) is -4.71. The fourth-order valence-electron chi connectivity index (χ4n) is 6.06. The average Bonchev–Trinajstić information content (AvgIpc) is 3.14. The molecule has 11 nitrogen and oxygen atoms in total. The molecule has 54 heavy (non-hydrogen) atoms. The van der Waals surface area contributed by atoms with Gasteiger partial charge in [-0.2, -0.15) is 0 Å². The molecule has 3 atom stereocenters. The van der Waals surface area contributed by atoms with E-state index in [2.05, 4.69) is 30.5 Å². The van der Waals surface area contributed by atoms with Gasteiger partial charge >= 0.3 is 25.7 Å². The Morgan fingerprint density at radius 2 is 0.926 bits per heavy atom. The SMILES string of the molecule is CCCCCCCC/C=C\CCCCCCCC(=O)OCC(COP(=O)(O)OC[C@H](N)C(=O)O)OC(=O)CCCCCCCCCCCCCCCCC. The van der Waals surface area contributed by atoms with E-state index in [1.165, 1.54) is 109 Å². The summed E-state index contributed by atoms with van der Waals surface area (Å²) in [4.78, 5) is 45.9. The molecule has 4 N–H and O–H groups in total. The first-order valence-corrected chi connectivity index (χ1v) is 23.2. The van der Waals surface area contributed by atoms with E-state index in [1.54, 1.807) is 0 Å². The number of carboxylic acid groups (broad SMARTS) is 1. The number of unbranched alkanes of at least 4 members (excludes halogenated alkanes) is 25. The van der Waals surface area contributed by atoms with Gasteiger partial charge in [0.1, 0.15) is 12.6 Å². The van der Waals surface area contributed by atoms with Crippen molar-refractivity contribution in [3.63, 3.8) is 0 Å². The minimum absolute atomic E-state index is 0.165. The molecule has 0 heterocycles. The normalized spacial score (nSPS) is 13.9. The quantitative estimate of drug-likeness (QED) is 0.0233. The third kappa shape index (κ3) is 37.2. The monoisotopic (exact) mass is 790 g/mol. The maximum Gasteiger partial charge on any atom is 0.472 e. The van der Waals surface area contributed by atoms with Crippen LogP contribution in [0.25, 0.3) is 0 Å². The average molecular weight is 790 g/mol. The molecular weight excluding hydrogens is 709 g/mol. The fraction of sp³-hybridized carbons (Fsp3) is 0.881. The molecule has 0 rings (SSSR count). The van der Waals surface area contributed by atoms with E-state index >= 15 is 0 Å². The highest BCUT2D eigenvalue weighted by Gasteiger charge is 2.28. The molecule has 0 fully saturated rings. The van der Waals surface area contributed by atoms with Crippen LogP contribution in [0.1, 0.15) is 206 Å². The highest BCUT2D eigenvalue weighted by molar-refractivity contribution is 7.47. The molecule has 0 saturated heterocycles. The summed E-state index contributed by atoms with van der Waals surface area (Å²) < 4.78 is 32.7. The van der Waals surface area contributed by atoms with Gasteiger partial charge in [-0.3, -0.25) is 23.4 Å². The molecule has 0 radical (unpaired) electrons. The summed E-state index contributed by atoms with van der Waals surface area (Å²) in [6.45, 7) is 2.81. The zero-order chi connectivity index (χ0) is 40.0. The first kappa shape index (κ1) is 52.2. The lowest BCUT2D eigenvalue weighted by atomic mass is 10.0. The van der Waals surface area contributed by atoms with Crippen LogP contribution >= 0.6 is 7.82 Å². The molecule has 0 amide bonds. The van der Waals surface area contributed by atoms with Gasteiger partial charge in [0.05, 0.1) is 13.2 Å². The number of hydrogen-bond acceptors (Lipinski definition) is 9. The highest BCUT2D eigenvalue weighted by Crippen LogP contribution is 2.43. The van der Waals surface area contributed by atoms with Crippen LogP contribution in [-0.4, -0.2) is 59.9 Å². The third-order valence-electron chi connectivity index (χ3n) is 9.51. The van der Waals surface area contributed by atoms with Crippen LogP contribution < -0.4 is 5.73 Å². The van der Waals surface area contributed by atoms with Gasteiger partial charge in [0, 0.05) is 12.8 Å². The summed E-state index contributed by atoms with van der Waals surface area (Å²) >= 11 is 0. The Morgan fingerprint density at radius 1 is 0.556 bits per heavy atom. The first-order chi connectivity index (χ1) is 26.1. The number of ether oxygens (including phenoxy) is 2. The van der Waals surface area contributed by atoms with Crippen LogP contribution in [0.15, 0.2) is 12.2 Å². The Hall–Kier alpha value is -1.78. The van der Waals surface area contributed by atoms with Gasteiger partial charge in [-0.15, -0.1) is 0 Å². The van der Waals surface area contributed by atoms with Gasteiger partial charge in [0.25, 0.3) is 0 Å². The number of carbonyl (C=O) groups is 3. The van der Waals surface area contributed by atoms with Crippen LogP contribution in [0.4, 0.5) is 0 Å². The summed E-state index contributed by atoms with van der Waals surface area (Å²) in [5.41, 5.74) is 5.33. The van der Waals surface area contributed by atoms with Gasteiger partial charge in [0.15, 0.2) is 6.10 Å². The first-order valence-electron chi connectivity index (χ1n) is 21.7. The summed E-state index contributed by atoms with van der Waals surface area (Å²) in [5.74, 6) is -2.38. The van der Waals surface area contributed by atoms with Crippen molar-refractivity contribution in [3.8, 4) is 0 Å². The fourth-order valence-corrected chi connectivity index (χ4v) is 6.84. The molecule has 0 aliphatic rings. The van der Waals surface area contributed by atoms with E-state index in [0.29, 0.717) is 12.8 Å². The molecule has 0 aromatic carbocycles. The second kappa shape index (κ2) is 38.1. The van der Waals surface area contributed by atoms with Crippen LogP contribution in [-0.2, 0) is 37.5 Å². The van der Waals surface area contributed by atoms with Crippen molar-refractivity contribution in [2.75, 3.05) is 19.8 Å². The number of rotatable bonds is 41. The number of carbonyl (C=O) groups excluding carboxylic acids is 2. The number of allylic oxidation sites excluding steroid dienone is 2. The van der Waals surface area contributed by atoms with Crippen molar-refractivity contribution in [1.29, 1.82) is 0 Å². The molecule has 0 aliphatic carbocycles. The van der Waals surface area contributed by atoms with Crippen LogP contribution in [0, 0.1) is 0 Å². The number of phosphoric acid groups is 1. The molecule has 0 aromatic rings. The predicted molar refractivity (Wildman–Crippen MR) is 217 cm³/mol. The lowest BCUT2D eigenvalue weighted by molar-refractivity contribution is -0.161. The smallest absolute Gasteiger partial charge is 0.472 e. The lowest BCUT2D eigenvalue weighted by Crippen LogP contribution is -2.34. The molecule has 0 saturated carbocycles. The Kier molecular flexibility index (Phi) is 36.9. The maximum atomic E-state index is 12.6. The zero-order valence-corrected chi connectivity index (χ0v) is 35.2. The topological polar surface area (TPSA) is 172 Å². The van der Waals surface area contributed by atoms with Gasteiger partial charge in [0.2, 0.25) is 0 Å². The second-order valence-corrected chi connectivity index (χ2v) is 16.3. The molecule has 2 unspecified atom stereocenters. The molecular formula is C42H80NO10P. The molecule has 318 valence electrons. The standard InChI is InChI=1S/C42H80NO10P/c1-3-5-7-9-11-13-15-17-19-21-23-25-27-29-31-33-40(44)50-35-38(36-51-54(48,49)52-37-39(43)42(46)47)53-41(45)34-32-30-28-26-24-22-20-18-16-14-12-10-8-6-4-2/h17,19,38-39H,3-16,18,20-37,43H2,1-2H3,(H,46,47)(H,48,49)/b19-17-/t38?,39-/m0/s1. The highest BCUT2D eigenvalue weighted by atomic mass is 31.2. The Morgan fingerprint density at radius 3 is 1.35 bits per heavy atom. The number of carboxylic acids is 1. The van der Waals surface area contributed by atoms with Crippen molar-refractivity contribution in [2.24, 2.45) is 5.73 Å². The lowest BCUT2D eigenvalue weighted by Gasteiger charge is -2.20. The number of nitrogens with two attached hydrogens (primary N) is 1.